The van der Waals surface area contributed by atoms with E-state index in [1.54, 1.807) is 0 Å². The summed E-state index contributed by atoms with van der Waals surface area (Å²) >= 11 is 0. The molecule has 0 spiro atoms. The quantitative estimate of drug-likeness (QED) is 0.377. The number of carbonyl (C=O) groups excluding carboxylic acids is 1. The number of hydrogen-bond acceptors (Lipinski definition) is 4. The third-order valence-electron chi connectivity index (χ3n) is 2.92. The van der Waals surface area contributed by atoms with Crippen LogP contribution in [0.15, 0.2) is 30.3 Å². The van der Waals surface area contributed by atoms with Crippen LogP contribution in [0.5, 0.6) is 0 Å². The molecule has 0 fully saturated rings. The number of non-ortho nitro benzene ring substituents is 1. The SMILES string of the molecule is COC(=O)c1cc([N+](=O)[O-])ccc1-c1cc(F)c(F)cc1F. The van der Waals surface area contributed by atoms with Gasteiger partial charge in [0.15, 0.2) is 11.6 Å². The number of carbonyl (C=O) groups is 1. The van der Waals surface area contributed by atoms with Crippen LogP contribution in [0.25, 0.3) is 11.1 Å². The molecule has 0 aliphatic heterocycles. The van der Waals surface area contributed by atoms with E-state index in [2.05, 4.69) is 4.74 Å². The summed E-state index contributed by atoms with van der Waals surface area (Å²) in [5.41, 5.74) is -1.31. The van der Waals surface area contributed by atoms with Gasteiger partial charge >= 0.3 is 5.97 Å². The molecule has 0 heterocycles. The van der Waals surface area contributed by atoms with Crippen molar-refractivity contribution in [2.75, 3.05) is 7.11 Å². The molecule has 0 radical (unpaired) electrons. The van der Waals surface area contributed by atoms with Gasteiger partial charge in [-0.3, -0.25) is 10.1 Å². The number of nitro benzene ring substituents is 1. The second-order valence-corrected chi connectivity index (χ2v) is 4.22. The number of esters is 1. The molecule has 0 bridgehead atoms. The van der Waals surface area contributed by atoms with Gasteiger partial charge in [0.25, 0.3) is 5.69 Å². The van der Waals surface area contributed by atoms with Crippen LogP contribution in [0.1, 0.15) is 10.4 Å². The van der Waals surface area contributed by atoms with Gasteiger partial charge in [-0.2, -0.15) is 0 Å². The minimum atomic E-state index is -1.39. The van der Waals surface area contributed by atoms with Crippen LogP contribution < -0.4 is 0 Å². The van der Waals surface area contributed by atoms with E-state index in [1.807, 2.05) is 0 Å². The van der Waals surface area contributed by atoms with Crippen molar-refractivity contribution in [1.29, 1.82) is 0 Å². The first-order chi connectivity index (χ1) is 10.3. The molecular formula is C14H8F3NO4. The van der Waals surface area contributed by atoms with Gasteiger partial charge in [-0.1, -0.05) is 0 Å². The number of nitro groups is 1. The molecule has 0 saturated carbocycles. The minimum Gasteiger partial charge on any atom is -0.465 e. The van der Waals surface area contributed by atoms with Gasteiger partial charge in [0.05, 0.1) is 17.6 Å². The topological polar surface area (TPSA) is 69.4 Å². The highest BCUT2D eigenvalue weighted by atomic mass is 19.2. The zero-order chi connectivity index (χ0) is 16.4. The van der Waals surface area contributed by atoms with E-state index >= 15 is 0 Å². The van der Waals surface area contributed by atoms with E-state index < -0.39 is 39.6 Å². The smallest absolute Gasteiger partial charge is 0.338 e. The molecule has 2 rings (SSSR count). The fourth-order valence-corrected chi connectivity index (χ4v) is 1.89. The highest BCUT2D eigenvalue weighted by Gasteiger charge is 2.21. The molecule has 0 atom stereocenters. The van der Waals surface area contributed by atoms with Gasteiger partial charge in [0.1, 0.15) is 5.82 Å². The maximum Gasteiger partial charge on any atom is 0.338 e. The Hall–Kier alpha value is -2.90. The van der Waals surface area contributed by atoms with Crippen molar-refractivity contribution in [3.05, 3.63) is 63.5 Å². The Morgan fingerprint density at radius 2 is 1.68 bits per heavy atom. The molecule has 0 aliphatic carbocycles. The molecule has 114 valence electrons. The number of methoxy groups -OCH3 is 1. The van der Waals surface area contributed by atoms with Crippen LogP contribution in [0, 0.1) is 27.6 Å². The second-order valence-electron chi connectivity index (χ2n) is 4.22. The first-order valence-electron chi connectivity index (χ1n) is 5.86. The Morgan fingerprint density at radius 3 is 2.27 bits per heavy atom. The summed E-state index contributed by atoms with van der Waals surface area (Å²) in [5, 5.41) is 10.7. The van der Waals surface area contributed by atoms with Crippen molar-refractivity contribution in [3.8, 4) is 11.1 Å². The van der Waals surface area contributed by atoms with Crippen molar-refractivity contribution < 1.29 is 27.6 Å². The van der Waals surface area contributed by atoms with Crippen LogP contribution in [-0.4, -0.2) is 18.0 Å². The van der Waals surface area contributed by atoms with E-state index in [-0.39, 0.29) is 11.1 Å². The maximum atomic E-state index is 13.8. The normalized spacial score (nSPS) is 10.4. The predicted molar refractivity (Wildman–Crippen MR) is 69.7 cm³/mol. The average molecular weight is 311 g/mol. The second kappa shape index (κ2) is 5.84. The largest absolute Gasteiger partial charge is 0.465 e. The fraction of sp³-hybridized carbons (Fsp3) is 0.0714. The summed E-state index contributed by atoms with van der Waals surface area (Å²) in [6.45, 7) is 0. The number of hydrogen-bond donors (Lipinski definition) is 0. The highest BCUT2D eigenvalue weighted by molar-refractivity contribution is 5.98. The Bertz CT molecular complexity index is 777. The first-order valence-corrected chi connectivity index (χ1v) is 5.86. The standard InChI is InChI=1S/C14H8F3NO4/c1-22-14(19)10-4-7(18(20)21)2-3-8(10)9-5-12(16)13(17)6-11(9)15/h2-6H,1H3. The number of rotatable bonds is 3. The highest BCUT2D eigenvalue weighted by Crippen LogP contribution is 2.31. The molecule has 0 saturated heterocycles. The zero-order valence-electron chi connectivity index (χ0n) is 11.1. The summed E-state index contributed by atoms with van der Waals surface area (Å²) in [5.74, 6) is -4.78. The van der Waals surface area contributed by atoms with Crippen molar-refractivity contribution in [2.45, 2.75) is 0 Å². The summed E-state index contributed by atoms with van der Waals surface area (Å²) in [4.78, 5) is 21.7. The lowest BCUT2D eigenvalue weighted by molar-refractivity contribution is -0.384. The molecule has 0 N–H and O–H groups in total. The van der Waals surface area contributed by atoms with Gasteiger partial charge in [0, 0.05) is 23.8 Å². The van der Waals surface area contributed by atoms with E-state index in [0.29, 0.717) is 12.1 Å². The molecule has 5 nitrogen and oxygen atoms in total. The molecule has 0 aliphatic rings. The molecule has 8 heteroatoms. The van der Waals surface area contributed by atoms with Gasteiger partial charge in [0.2, 0.25) is 0 Å². The van der Waals surface area contributed by atoms with E-state index in [9.17, 15) is 28.1 Å². The number of benzene rings is 2. The van der Waals surface area contributed by atoms with Crippen LogP contribution in [0.4, 0.5) is 18.9 Å². The Kier molecular flexibility index (Phi) is 4.11. The van der Waals surface area contributed by atoms with Gasteiger partial charge < -0.3 is 4.74 Å². The van der Waals surface area contributed by atoms with E-state index in [4.69, 9.17) is 0 Å². The third kappa shape index (κ3) is 2.76. The predicted octanol–water partition coefficient (Wildman–Crippen LogP) is 3.47. The maximum absolute atomic E-state index is 13.8. The number of nitrogens with zero attached hydrogens (tertiary/aromatic N) is 1. The van der Waals surface area contributed by atoms with Crippen LogP contribution in [-0.2, 0) is 4.74 Å². The van der Waals surface area contributed by atoms with Crippen molar-refractivity contribution >= 4 is 11.7 Å². The van der Waals surface area contributed by atoms with E-state index in [1.165, 1.54) is 0 Å². The minimum absolute atomic E-state index is 0.145. The lowest BCUT2D eigenvalue weighted by atomic mass is 9.98. The average Bonchev–Trinajstić information content (AvgIpc) is 2.49. The molecule has 2 aromatic rings. The number of halogens is 3. The fourth-order valence-electron chi connectivity index (χ4n) is 1.89. The molecule has 2 aromatic carbocycles. The monoisotopic (exact) mass is 311 g/mol. The Balaban J connectivity index is 2.72. The Labute approximate surface area is 122 Å². The van der Waals surface area contributed by atoms with Crippen molar-refractivity contribution in [1.82, 2.24) is 0 Å². The molecule has 0 amide bonds. The van der Waals surface area contributed by atoms with Crippen molar-refractivity contribution in [3.63, 3.8) is 0 Å². The van der Waals surface area contributed by atoms with Crippen LogP contribution >= 0.6 is 0 Å². The summed E-state index contributed by atoms with van der Waals surface area (Å²) in [7, 11) is 1.03. The zero-order valence-corrected chi connectivity index (χ0v) is 11.1. The summed E-state index contributed by atoms with van der Waals surface area (Å²) < 4.78 is 44.6. The lowest BCUT2D eigenvalue weighted by Crippen LogP contribution is -2.06. The summed E-state index contributed by atoms with van der Waals surface area (Å²) in [6.07, 6.45) is 0. The Morgan fingerprint density at radius 1 is 1.05 bits per heavy atom. The molecule has 0 aromatic heterocycles. The molecule has 0 unspecified atom stereocenters. The lowest BCUT2D eigenvalue weighted by Gasteiger charge is -2.09. The molecule has 22 heavy (non-hydrogen) atoms. The summed E-state index contributed by atoms with van der Waals surface area (Å²) in [6, 6.07) is 3.86. The molecular weight excluding hydrogens is 303 g/mol. The van der Waals surface area contributed by atoms with Gasteiger partial charge in [-0.05, 0) is 17.7 Å². The van der Waals surface area contributed by atoms with Crippen LogP contribution in [0.2, 0.25) is 0 Å². The number of ether oxygens (including phenoxy) is 1. The first kappa shape index (κ1) is 15.5. The van der Waals surface area contributed by atoms with E-state index in [0.717, 1.165) is 25.3 Å². The third-order valence-corrected chi connectivity index (χ3v) is 2.92. The van der Waals surface area contributed by atoms with Gasteiger partial charge in [-0.25, -0.2) is 18.0 Å². The van der Waals surface area contributed by atoms with Crippen molar-refractivity contribution in [2.24, 2.45) is 0 Å². The van der Waals surface area contributed by atoms with Crippen LogP contribution in [0.3, 0.4) is 0 Å². The van der Waals surface area contributed by atoms with Gasteiger partial charge in [-0.15, -0.1) is 0 Å².